The zero-order valence-corrected chi connectivity index (χ0v) is 14.4. The summed E-state index contributed by atoms with van der Waals surface area (Å²) >= 11 is 1.64. The van der Waals surface area contributed by atoms with Crippen LogP contribution in [0.2, 0.25) is 0 Å². The van der Waals surface area contributed by atoms with Gasteiger partial charge in [0.15, 0.2) is 18.1 Å². The fourth-order valence-corrected chi connectivity index (χ4v) is 2.80. The van der Waals surface area contributed by atoms with Crippen LogP contribution in [0.1, 0.15) is 15.2 Å². The van der Waals surface area contributed by atoms with E-state index in [-0.39, 0.29) is 23.8 Å². The van der Waals surface area contributed by atoms with E-state index in [0.717, 1.165) is 6.42 Å². The number of para-hydroxylation sites is 1. The van der Waals surface area contributed by atoms with Gasteiger partial charge in [0.05, 0.1) is 14.2 Å². The molecule has 0 aliphatic carbocycles. The Balaban J connectivity index is 1.83. The minimum absolute atomic E-state index is 0.211. The molecule has 6 nitrogen and oxygen atoms in total. The van der Waals surface area contributed by atoms with Gasteiger partial charge in [0.2, 0.25) is 0 Å². The predicted molar refractivity (Wildman–Crippen MR) is 90.9 cm³/mol. The predicted octanol–water partition coefficient (Wildman–Crippen LogP) is 2.28. The Kier molecular flexibility index (Phi) is 6.62. The summed E-state index contributed by atoms with van der Waals surface area (Å²) in [5.74, 6) is -0.281. The third-order valence-corrected chi connectivity index (χ3v) is 4.17. The molecule has 1 aromatic heterocycles. The van der Waals surface area contributed by atoms with Gasteiger partial charge in [-0.25, -0.2) is 4.79 Å². The smallest absolute Gasteiger partial charge is 0.342 e. The third-order valence-electron chi connectivity index (χ3n) is 3.23. The molecule has 0 spiro atoms. The molecule has 2 aromatic rings. The maximum absolute atomic E-state index is 12.1. The van der Waals surface area contributed by atoms with E-state index in [9.17, 15) is 9.59 Å². The number of esters is 1. The van der Waals surface area contributed by atoms with Crippen LogP contribution in [-0.2, 0) is 16.0 Å². The van der Waals surface area contributed by atoms with E-state index in [0.29, 0.717) is 12.3 Å². The first-order chi connectivity index (χ1) is 11.7. The van der Waals surface area contributed by atoms with Gasteiger partial charge in [-0.15, -0.1) is 11.3 Å². The zero-order valence-electron chi connectivity index (χ0n) is 13.5. The van der Waals surface area contributed by atoms with Crippen molar-refractivity contribution in [1.29, 1.82) is 0 Å². The Labute approximate surface area is 144 Å². The number of benzene rings is 1. The summed E-state index contributed by atoms with van der Waals surface area (Å²) in [5, 5.41) is 4.70. The second-order valence-electron chi connectivity index (χ2n) is 4.80. The highest BCUT2D eigenvalue weighted by Gasteiger charge is 2.18. The lowest BCUT2D eigenvalue weighted by atomic mass is 10.2. The number of carbonyl (C=O) groups excluding carboxylic acids is 2. The Morgan fingerprint density at radius 1 is 1.12 bits per heavy atom. The Morgan fingerprint density at radius 3 is 2.62 bits per heavy atom. The van der Waals surface area contributed by atoms with Crippen molar-refractivity contribution in [2.45, 2.75) is 6.42 Å². The van der Waals surface area contributed by atoms with E-state index < -0.39 is 5.97 Å². The molecule has 0 saturated heterocycles. The molecule has 0 saturated carbocycles. The summed E-state index contributed by atoms with van der Waals surface area (Å²) in [4.78, 5) is 25.1. The molecule has 0 radical (unpaired) electrons. The molecule has 1 heterocycles. The molecule has 128 valence electrons. The number of amides is 1. The van der Waals surface area contributed by atoms with Gasteiger partial charge in [0.1, 0.15) is 5.56 Å². The Hall–Kier alpha value is -2.54. The van der Waals surface area contributed by atoms with Crippen LogP contribution in [0.15, 0.2) is 35.7 Å². The monoisotopic (exact) mass is 349 g/mol. The summed E-state index contributed by atoms with van der Waals surface area (Å²) in [5.41, 5.74) is 0.211. The van der Waals surface area contributed by atoms with Gasteiger partial charge in [-0.3, -0.25) is 4.79 Å². The van der Waals surface area contributed by atoms with E-state index in [4.69, 9.17) is 14.2 Å². The van der Waals surface area contributed by atoms with E-state index in [1.165, 1.54) is 19.1 Å². The number of rotatable bonds is 8. The highest BCUT2D eigenvalue weighted by Crippen LogP contribution is 2.30. The fourth-order valence-electron chi connectivity index (χ4n) is 2.09. The minimum atomic E-state index is -0.640. The van der Waals surface area contributed by atoms with Crippen LogP contribution in [-0.4, -0.2) is 39.2 Å². The first-order valence-electron chi connectivity index (χ1n) is 7.33. The highest BCUT2D eigenvalue weighted by atomic mass is 32.1. The van der Waals surface area contributed by atoms with Crippen molar-refractivity contribution >= 4 is 23.2 Å². The van der Waals surface area contributed by atoms with Crippen LogP contribution in [0.25, 0.3) is 0 Å². The average Bonchev–Trinajstić information content (AvgIpc) is 3.12. The first-order valence-corrected chi connectivity index (χ1v) is 8.21. The van der Waals surface area contributed by atoms with Crippen LogP contribution in [0.5, 0.6) is 11.5 Å². The summed E-state index contributed by atoms with van der Waals surface area (Å²) in [6, 6.07) is 8.85. The summed E-state index contributed by atoms with van der Waals surface area (Å²) in [7, 11) is 2.92. The lowest BCUT2D eigenvalue weighted by Crippen LogP contribution is -2.30. The molecule has 1 amide bonds. The quantitative estimate of drug-likeness (QED) is 0.740. The third kappa shape index (κ3) is 4.73. The maximum Gasteiger partial charge on any atom is 0.342 e. The van der Waals surface area contributed by atoms with Gasteiger partial charge in [-0.2, -0.15) is 0 Å². The molecule has 1 aromatic carbocycles. The number of hydrogen-bond acceptors (Lipinski definition) is 6. The van der Waals surface area contributed by atoms with Gasteiger partial charge < -0.3 is 19.5 Å². The highest BCUT2D eigenvalue weighted by molar-refractivity contribution is 7.09. The van der Waals surface area contributed by atoms with Gasteiger partial charge in [-0.1, -0.05) is 12.1 Å². The molecule has 0 fully saturated rings. The minimum Gasteiger partial charge on any atom is -0.493 e. The largest absolute Gasteiger partial charge is 0.493 e. The molecule has 0 unspecified atom stereocenters. The van der Waals surface area contributed by atoms with Gasteiger partial charge in [0, 0.05) is 11.4 Å². The Morgan fingerprint density at radius 2 is 1.96 bits per heavy atom. The van der Waals surface area contributed by atoms with Crippen LogP contribution in [0.3, 0.4) is 0 Å². The molecule has 0 bridgehead atoms. The topological polar surface area (TPSA) is 73.9 Å². The molecular formula is C17H19NO5S. The van der Waals surface area contributed by atoms with Crippen LogP contribution >= 0.6 is 11.3 Å². The van der Waals surface area contributed by atoms with E-state index >= 15 is 0 Å². The van der Waals surface area contributed by atoms with Crippen molar-refractivity contribution in [3.05, 3.63) is 46.2 Å². The molecule has 24 heavy (non-hydrogen) atoms. The molecule has 0 aliphatic heterocycles. The normalized spacial score (nSPS) is 10.1. The SMILES string of the molecule is COc1cccc(C(=O)OCC(=O)NCCc2cccs2)c1OC. The molecule has 7 heteroatoms. The average molecular weight is 349 g/mol. The van der Waals surface area contributed by atoms with Crippen molar-refractivity contribution in [3.8, 4) is 11.5 Å². The van der Waals surface area contributed by atoms with E-state index in [1.54, 1.807) is 29.5 Å². The number of nitrogens with one attached hydrogen (secondary N) is 1. The van der Waals surface area contributed by atoms with E-state index in [1.807, 2.05) is 17.5 Å². The number of thiophene rings is 1. The molecule has 0 atom stereocenters. The number of carbonyl (C=O) groups is 2. The van der Waals surface area contributed by atoms with Crippen molar-refractivity contribution in [1.82, 2.24) is 5.32 Å². The van der Waals surface area contributed by atoms with Gasteiger partial charge >= 0.3 is 5.97 Å². The van der Waals surface area contributed by atoms with Crippen molar-refractivity contribution in [2.24, 2.45) is 0 Å². The standard InChI is InChI=1S/C17H19NO5S/c1-21-14-7-3-6-13(16(14)22-2)17(20)23-11-15(19)18-9-8-12-5-4-10-24-12/h3-7,10H,8-9,11H2,1-2H3,(H,18,19). The summed E-state index contributed by atoms with van der Waals surface area (Å²) < 4.78 is 15.3. The molecule has 2 rings (SSSR count). The molecule has 1 N–H and O–H groups in total. The maximum atomic E-state index is 12.1. The second-order valence-corrected chi connectivity index (χ2v) is 5.83. The summed E-state index contributed by atoms with van der Waals surface area (Å²) in [6.45, 7) is 0.156. The Bertz CT molecular complexity index is 684. The number of ether oxygens (including phenoxy) is 3. The second kappa shape index (κ2) is 8.93. The molecule has 0 aliphatic rings. The van der Waals surface area contributed by atoms with Crippen molar-refractivity contribution < 1.29 is 23.8 Å². The van der Waals surface area contributed by atoms with Crippen molar-refractivity contribution in [3.63, 3.8) is 0 Å². The molecular weight excluding hydrogens is 330 g/mol. The van der Waals surface area contributed by atoms with Gasteiger partial charge in [-0.05, 0) is 30.0 Å². The summed E-state index contributed by atoms with van der Waals surface area (Å²) in [6.07, 6.45) is 0.751. The van der Waals surface area contributed by atoms with Gasteiger partial charge in [0.25, 0.3) is 5.91 Å². The lowest BCUT2D eigenvalue weighted by Gasteiger charge is -2.12. The lowest BCUT2D eigenvalue weighted by molar-refractivity contribution is -0.124. The number of methoxy groups -OCH3 is 2. The first kappa shape index (κ1) is 17.8. The fraction of sp³-hybridized carbons (Fsp3) is 0.294. The van der Waals surface area contributed by atoms with Crippen LogP contribution < -0.4 is 14.8 Å². The van der Waals surface area contributed by atoms with Crippen LogP contribution in [0.4, 0.5) is 0 Å². The van der Waals surface area contributed by atoms with Crippen molar-refractivity contribution in [2.75, 3.05) is 27.4 Å². The zero-order chi connectivity index (χ0) is 17.4. The number of hydrogen-bond donors (Lipinski definition) is 1. The van der Waals surface area contributed by atoms with E-state index in [2.05, 4.69) is 5.32 Å². The van der Waals surface area contributed by atoms with Crippen LogP contribution in [0, 0.1) is 0 Å².